The van der Waals surface area contributed by atoms with Crippen LogP contribution in [0.25, 0.3) is 11.4 Å². The van der Waals surface area contributed by atoms with E-state index >= 15 is 0 Å². The van der Waals surface area contributed by atoms with Crippen LogP contribution in [-0.4, -0.2) is 49.5 Å². The lowest BCUT2D eigenvalue weighted by Crippen LogP contribution is -2.24. The summed E-state index contributed by atoms with van der Waals surface area (Å²) in [6, 6.07) is 1.44. The lowest BCUT2D eigenvalue weighted by Gasteiger charge is -2.13. The van der Waals surface area contributed by atoms with Crippen molar-refractivity contribution in [3.63, 3.8) is 0 Å². The topological polar surface area (TPSA) is 123 Å². The second-order valence-electron chi connectivity index (χ2n) is 4.53. The number of ether oxygens (including phenoxy) is 1. The summed E-state index contributed by atoms with van der Waals surface area (Å²) < 4.78 is 6.45. The fourth-order valence-electron chi connectivity index (χ4n) is 1.88. The molecular formula is C12H15N5O4. The second kappa shape index (κ2) is 6.27. The van der Waals surface area contributed by atoms with Crippen molar-refractivity contribution >= 4 is 5.97 Å². The van der Waals surface area contributed by atoms with Crippen molar-refractivity contribution in [2.45, 2.75) is 26.0 Å². The van der Waals surface area contributed by atoms with Crippen LogP contribution in [-0.2, 0) is 16.1 Å². The van der Waals surface area contributed by atoms with Crippen LogP contribution in [0.3, 0.4) is 0 Å². The molecule has 0 bridgehead atoms. The van der Waals surface area contributed by atoms with Crippen LogP contribution in [0.1, 0.15) is 12.1 Å². The first-order valence-corrected chi connectivity index (χ1v) is 6.21. The number of carboxylic acids is 1. The Morgan fingerprint density at radius 2 is 2.33 bits per heavy atom. The minimum atomic E-state index is -0.982. The Morgan fingerprint density at radius 3 is 2.95 bits per heavy atom. The third-order valence-electron chi connectivity index (χ3n) is 2.94. The molecule has 9 nitrogen and oxygen atoms in total. The summed E-state index contributed by atoms with van der Waals surface area (Å²) in [5.74, 6) is -0.714. The monoisotopic (exact) mass is 293 g/mol. The smallest absolute Gasteiger partial charge is 0.306 e. The number of pyridine rings is 1. The van der Waals surface area contributed by atoms with Crippen LogP contribution in [0, 0.1) is 6.92 Å². The Bertz CT molecular complexity index is 693. The zero-order valence-electron chi connectivity index (χ0n) is 11.6. The largest absolute Gasteiger partial charge is 0.481 e. The van der Waals surface area contributed by atoms with Crippen molar-refractivity contribution in [3.8, 4) is 11.4 Å². The molecule has 1 unspecified atom stereocenters. The van der Waals surface area contributed by atoms with Crippen molar-refractivity contribution in [2.24, 2.45) is 0 Å². The van der Waals surface area contributed by atoms with Crippen LogP contribution in [0.15, 0.2) is 17.1 Å². The number of aryl methyl sites for hydroxylation is 1. The van der Waals surface area contributed by atoms with Crippen molar-refractivity contribution in [3.05, 3.63) is 28.2 Å². The van der Waals surface area contributed by atoms with E-state index in [0.717, 1.165) is 5.69 Å². The molecule has 0 saturated carbocycles. The van der Waals surface area contributed by atoms with E-state index in [1.807, 2.05) is 0 Å². The summed E-state index contributed by atoms with van der Waals surface area (Å²) in [7, 11) is 1.41. The normalized spacial score (nSPS) is 12.3. The number of hydrogen-bond donors (Lipinski definition) is 2. The first-order chi connectivity index (χ1) is 10.0. The summed E-state index contributed by atoms with van der Waals surface area (Å²) in [6.45, 7) is 1.90. The quantitative estimate of drug-likeness (QED) is 0.757. The average molecular weight is 293 g/mol. The van der Waals surface area contributed by atoms with Gasteiger partial charge in [0, 0.05) is 25.1 Å². The van der Waals surface area contributed by atoms with Gasteiger partial charge in [-0.1, -0.05) is 0 Å². The first-order valence-electron chi connectivity index (χ1n) is 6.21. The van der Waals surface area contributed by atoms with Gasteiger partial charge in [-0.15, -0.1) is 5.10 Å². The summed E-state index contributed by atoms with van der Waals surface area (Å²) in [6.07, 6.45) is 0.758. The van der Waals surface area contributed by atoms with Crippen LogP contribution in [0.4, 0.5) is 0 Å². The molecule has 0 saturated heterocycles. The molecule has 0 aromatic carbocycles. The van der Waals surface area contributed by atoms with Gasteiger partial charge < -0.3 is 14.8 Å². The second-order valence-corrected chi connectivity index (χ2v) is 4.53. The SMILES string of the molecule is COC(CC(=O)O)Cn1nnnc1-c1c[nH]c(C)cc1=O. The molecule has 0 aliphatic rings. The van der Waals surface area contributed by atoms with Crippen LogP contribution < -0.4 is 5.43 Å². The molecule has 9 heteroatoms. The van der Waals surface area contributed by atoms with E-state index in [-0.39, 0.29) is 24.2 Å². The number of carboxylic acid groups (broad SMARTS) is 1. The first kappa shape index (κ1) is 14.9. The van der Waals surface area contributed by atoms with Gasteiger partial charge >= 0.3 is 5.97 Å². The molecule has 0 fully saturated rings. The lowest BCUT2D eigenvalue weighted by molar-refractivity contribution is -0.140. The highest BCUT2D eigenvalue weighted by Gasteiger charge is 2.18. The lowest BCUT2D eigenvalue weighted by atomic mass is 10.2. The number of aromatic amines is 1. The van der Waals surface area contributed by atoms with E-state index in [1.54, 1.807) is 6.92 Å². The predicted octanol–water partition coefficient (Wildman–Crippen LogP) is -0.173. The molecule has 2 aromatic rings. The van der Waals surface area contributed by atoms with Crippen molar-refractivity contribution in [2.75, 3.05) is 7.11 Å². The fourth-order valence-corrected chi connectivity index (χ4v) is 1.88. The number of hydrogen-bond acceptors (Lipinski definition) is 6. The number of H-pyrrole nitrogens is 1. The summed E-state index contributed by atoms with van der Waals surface area (Å²) in [4.78, 5) is 25.6. The maximum absolute atomic E-state index is 12.0. The molecule has 0 aliphatic carbocycles. The zero-order valence-corrected chi connectivity index (χ0v) is 11.6. The van der Waals surface area contributed by atoms with Gasteiger partial charge in [-0.25, -0.2) is 4.68 Å². The van der Waals surface area contributed by atoms with E-state index in [9.17, 15) is 9.59 Å². The van der Waals surface area contributed by atoms with Crippen molar-refractivity contribution in [1.82, 2.24) is 25.2 Å². The molecule has 2 aromatic heterocycles. The minimum absolute atomic E-state index is 0.137. The van der Waals surface area contributed by atoms with Gasteiger partial charge in [0.2, 0.25) is 0 Å². The van der Waals surface area contributed by atoms with Gasteiger partial charge in [0.05, 0.1) is 24.6 Å². The fraction of sp³-hybridized carbons (Fsp3) is 0.417. The molecule has 112 valence electrons. The van der Waals surface area contributed by atoms with Gasteiger partial charge in [0.1, 0.15) is 0 Å². The number of rotatable bonds is 6. The Hall–Kier alpha value is -2.55. The highest BCUT2D eigenvalue weighted by atomic mass is 16.5. The maximum atomic E-state index is 12.0. The number of aliphatic carboxylic acids is 1. The van der Waals surface area contributed by atoms with Gasteiger partial charge in [-0.2, -0.15) is 0 Å². The molecule has 2 rings (SSSR count). The highest BCUT2D eigenvalue weighted by molar-refractivity contribution is 5.67. The van der Waals surface area contributed by atoms with E-state index < -0.39 is 12.1 Å². The molecular weight excluding hydrogens is 278 g/mol. The standard InChI is InChI=1S/C12H15N5O4/c1-7-3-10(18)9(5-13-7)12-14-15-16-17(12)6-8(21-2)4-11(19)20/h3,5,8H,4,6H2,1-2H3,(H,13,18)(H,19,20). The van der Waals surface area contributed by atoms with Crippen LogP contribution in [0.2, 0.25) is 0 Å². The molecule has 0 amide bonds. The number of methoxy groups -OCH3 is 1. The Kier molecular flexibility index (Phi) is 4.43. The average Bonchev–Trinajstić information content (AvgIpc) is 2.85. The molecule has 21 heavy (non-hydrogen) atoms. The number of tetrazole rings is 1. The van der Waals surface area contributed by atoms with Crippen LogP contribution >= 0.6 is 0 Å². The predicted molar refractivity (Wildman–Crippen MR) is 71.7 cm³/mol. The third-order valence-corrected chi connectivity index (χ3v) is 2.94. The number of nitrogens with one attached hydrogen (secondary N) is 1. The van der Waals surface area contributed by atoms with Crippen molar-refractivity contribution in [1.29, 1.82) is 0 Å². The number of nitrogens with zero attached hydrogens (tertiary/aromatic N) is 4. The third kappa shape index (κ3) is 3.51. The summed E-state index contributed by atoms with van der Waals surface area (Å²) in [5, 5.41) is 19.9. The molecule has 2 heterocycles. The van der Waals surface area contributed by atoms with E-state index in [4.69, 9.17) is 9.84 Å². The maximum Gasteiger partial charge on any atom is 0.306 e. The van der Waals surface area contributed by atoms with E-state index in [0.29, 0.717) is 5.56 Å². The Labute approximate surface area is 119 Å². The molecule has 0 aliphatic heterocycles. The number of carbonyl (C=O) groups is 1. The molecule has 1 atom stereocenters. The van der Waals surface area contributed by atoms with Gasteiger partial charge in [-0.3, -0.25) is 9.59 Å². The Morgan fingerprint density at radius 1 is 1.57 bits per heavy atom. The van der Waals surface area contributed by atoms with Gasteiger partial charge in [0.15, 0.2) is 11.3 Å². The molecule has 0 radical (unpaired) electrons. The van der Waals surface area contributed by atoms with E-state index in [1.165, 1.54) is 24.1 Å². The summed E-state index contributed by atoms with van der Waals surface area (Å²) in [5.41, 5.74) is 0.827. The Balaban J connectivity index is 2.30. The zero-order chi connectivity index (χ0) is 15.4. The highest BCUT2D eigenvalue weighted by Crippen LogP contribution is 2.12. The molecule has 0 spiro atoms. The summed E-state index contributed by atoms with van der Waals surface area (Å²) >= 11 is 0. The van der Waals surface area contributed by atoms with Gasteiger partial charge in [-0.05, 0) is 17.4 Å². The molecule has 2 N–H and O–H groups in total. The number of aromatic nitrogens is 5. The van der Waals surface area contributed by atoms with E-state index in [2.05, 4.69) is 20.5 Å². The van der Waals surface area contributed by atoms with Gasteiger partial charge in [0.25, 0.3) is 0 Å². The van der Waals surface area contributed by atoms with Crippen molar-refractivity contribution < 1.29 is 14.6 Å². The minimum Gasteiger partial charge on any atom is -0.481 e. The van der Waals surface area contributed by atoms with Crippen LogP contribution in [0.5, 0.6) is 0 Å².